The van der Waals surface area contributed by atoms with Gasteiger partial charge in [0.2, 0.25) is 0 Å². The molecular weight excluding hydrogens is 325 g/mol. The van der Waals surface area contributed by atoms with Gasteiger partial charge in [0.05, 0.1) is 12.3 Å². The van der Waals surface area contributed by atoms with Gasteiger partial charge in [-0.25, -0.2) is 4.68 Å². The van der Waals surface area contributed by atoms with Crippen LogP contribution in [0, 0.1) is 0 Å². The summed E-state index contributed by atoms with van der Waals surface area (Å²) >= 11 is 0. The summed E-state index contributed by atoms with van der Waals surface area (Å²) in [5.74, 6) is 0.0660. The third-order valence-corrected chi connectivity index (χ3v) is 3.84. The highest BCUT2D eigenvalue weighted by Gasteiger charge is 2.47. The number of alkyl halides is 3. The molecule has 130 valence electrons. The minimum Gasteiger partial charge on any atom is -0.467 e. The fourth-order valence-corrected chi connectivity index (χ4v) is 2.69. The van der Waals surface area contributed by atoms with Crippen molar-refractivity contribution in [3.05, 3.63) is 35.9 Å². The molecule has 2 aromatic rings. The monoisotopic (exact) mass is 342 g/mol. The van der Waals surface area contributed by atoms with E-state index in [1.165, 1.54) is 12.3 Å². The Kier molecular flexibility index (Phi) is 4.25. The maximum atomic E-state index is 13.4. The lowest BCUT2D eigenvalue weighted by Gasteiger charge is -2.32. The molecule has 0 fully saturated rings. The van der Waals surface area contributed by atoms with E-state index in [-0.39, 0.29) is 17.9 Å². The molecule has 0 unspecified atom stereocenters. The van der Waals surface area contributed by atoms with E-state index in [4.69, 9.17) is 4.42 Å². The second-order valence-corrected chi connectivity index (χ2v) is 5.62. The van der Waals surface area contributed by atoms with Gasteiger partial charge in [-0.3, -0.25) is 4.79 Å². The molecule has 1 amide bonds. The number of halogens is 3. The standard InChI is InChI=1S/C15H17F3N4O2/c1-2-5-19-14(23)10-8-13-20-9(11-4-3-6-24-11)7-12(15(16,17)18)22(13)21-10/h3-4,6,8-9,12,20H,2,5,7H2,1H3,(H,19,23)/t9-,12+/m1/s1. The molecule has 2 N–H and O–H groups in total. The molecule has 3 rings (SSSR count). The van der Waals surface area contributed by atoms with E-state index in [9.17, 15) is 18.0 Å². The Morgan fingerprint density at radius 3 is 2.96 bits per heavy atom. The molecule has 0 saturated heterocycles. The van der Waals surface area contributed by atoms with Gasteiger partial charge in [0.1, 0.15) is 11.6 Å². The van der Waals surface area contributed by atoms with Crippen molar-refractivity contribution in [1.29, 1.82) is 0 Å². The van der Waals surface area contributed by atoms with Crippen molar-refractivity contribution in [3.63, 3.8) is 0 Å². The van der Waals surface area contributed by atoms with E-state index < -0.39 is 24.2 Å². The molecule has 1 aliphatic heterocycles. The maximum Gasteiger partial charge on any atom is 0.410 e. The number of hydrogen-bond donors (Lipinski definition) is 2. The first-order valence-corrected chi connectivity index (χ1v) is 7.64. The Hall–Kier alpha value is -2.45. The number of fused-ring (bicyclic) bond motifs is 1. The van der Waals surface area contributed by atoms with Crippen LogP contribution in [0.15, 0.2) is 28.9 Å². The van der Waals surface area contributed by atoms with Crippen LogP contribution in [-0.2, 0) is 0 Å². The number of nitrogens with one attached hydrogen (secondary N) is 2. The van der Waals surface area contributed by atoms with E-state index in [1.54, 1.807) is 12.1 Å². The lowest BCUT2D eigenvalue weighted by Crippen LogP contribution is -2.35. The summed E-state index contributed by atoms with van der Waals surface area (Å²) in [6, 6.07) is 2.11. The topological polar surface area (TPSA) is 72.1 Å². The molecule has 1 aliphatic rings. The van der Waals surface area contributed by atoms with Crippen LogP contribution < -0.4 is 10.6 Å². The highest BCUT2D eigenvalue weighted by molar-refractivity contribution is 5.93. The van der Waals surface area contributed by atoms with Crippen LogP contribution in [0.1, 0.15) is 48.1 Å². The van der Waals surface area contributed by atoms with Gasteiger partial charge in [0.25, 0.3) is 5.91 Å². The molecule has 2 aromatic heterocycles. The molecule has 6 nitrogen and oxygen atoms in total. The molecule has 0 aromatic carbocycles. The van der Waals surface area contributed by atoms with Crippen LogP contribution >= 0.6 is 0 Å². The number of aromatic nitrogens is 2. The Bertz CT molecular complexity index is 709. The average molecular weight is 342 g/mol. The largest absolute Gasteiger partial charge is 0.467 e. The molecule has 24 heavy (non-hydrogen) atoms. The zero-order valence-electron chi connectivity index (χ0n) is 12.9. The van der Waals surface area contributed by atoms with Crippen LogP contribution in [0.25, 0.3) is 0 Å². The average Bonchev–Trinajstić information content (AvgIpc) is 3.19. The van der Waals surface area contributed by atoms with Crippen molar-refractivity contribution in [1.82, 2.24) is 15.1 Å². The normalized spacial score (nSPS) is 20.3. The van der Waals surface area contributed by atoms with Gasteiger partial charge in [-0.2, -0.15) is 18.3 Å². The minimum atomic E-state index is -4.48. The molecular formula is C15H17F3N4O2. The number of anilines is 1. The lowest BCUT2D eigenvalue weighted by atomic mass is 10.0. The summed E-state index contributed by atoms with van der Waals surface area (Å²) in [6.07, 6.45) is -2.61. The summed E-state index contributed by atoms with van der Waals surface area (Å²) in [5, 5.41) is 9.43. The first-order valence-electron chi connectivity index (χ1n) is 7.64. The lowest BCUT2D eigenvalue weighted by molar-refractivity contribution is -0.174. The van der Waals surface area contributed by atoms with Gasteiger partial charge in [-0.15, -0.1) is 0 Å². The molecule has 2 atom stereocenters. The second-order valence-electron chi connectivity index (χ2n) is 5.62. The fraction of sp³-hybridized carbons (Fsp3) is 0.467. The molecule has 0 radical (unpaired) electrons. The van der Waals surface area contributed by atoms with E-state index in [2.05, 4.69) is 15.7 Å². The minimum absolute atomic E-state index is 0.0414. The summed E-state index contributed by atoms with van der Waals surface area (Å²) in [4.78, 5) is 12.0. The van der Waals surface area contributed by atoms with Gasteiger partial charge in [-0.05, 0) is 18.6 Å². The SMILES string of the molecule is CCCNC(=O)c1cc2n(n1)[C@H](C(F)(F)F)C[C@H](c1ccco1)N2. The van der Waals surface area contributed by atoms with Gasteiger partial charge in [0, 0.05) is 19.0 Å². The molecule has 9 heteroatoms. The quantitative estimate of drug-likeness (QED) is 0.894. The van der Waals surface area contributed by atoms with Crippen LogP contribution in [0.3, 0.4) is 0 Å². The second kappa shape index (κ2) is 6.21. The van der Waals surface area contributed by atoms with E-state index in [1.807, 2.05) is 6.92 Å². The zero-order valence-corrected chi connectivity index (χ0v) is 12.9. The number of furan rings is 1. The van der Waals surface area contributed by atoms with Crippen molar-refractivity contribution in [3.8, 4) is 0 Å². The fourth-order valence-electron chi connectivity index (χ4n) is 2.69. The highest BCUT2D eigenvalue weighted by Crippen LogP contribution is 2.43. The predicted octanol–water partition coefficient (Wildman–Crippen LogP) is 3.28. The van der Waals surface area contributed by atoms with Crippen LogP contribution in [0.2, 0.25) is 0 Å². The zero-order chi connectivity index (χ0) is 17.3. The number of rotatable bonds is 4. The Morgan fingerprint density at radius 1 is 1.54 bits per heavy atom. The molecule has 0 spiro atoms. The van der Waals surface area contributed by atoms with Gasteiger partial charge >= 0.3 is 6.18 Å². The Balaban J connectivity index is 1.93. The third-order valence-electron chi connectivity index (χ3n) is 3.84. The number of amides is 1. The van der Waals surface area contributed by atoms with Gasteiger partial charge in [0.15, 0.2) is 11.7 Å². The predicted molar refractivity (Wildman–Crippen MR) is 79.6 cm³/mol. The molecule has 0 aliphatic carbocycles. The van der Waals surface area contributed by atoms with E-state index >= 15 is 0 Å². The molecule has 0 saturated carbocycles. The number of hydrogen-bond acceptors (Lipinski definition) is 4. The van der Waals surface area contributed by atoms with E-state index in [0.717, 1.165) is 11.1 Å². The molecule has 3 heterocycles. The smallest absolute Gasteiger partial charge is 0.410 e. The maximum absolute atomic E-state index is 13.4. The first-order chi connectivity index (χ1) is 11.4. The number of carbonyl (C=O) groups is 1. The van der Waals surface area contributed by atoms with Crippen molar-refractivity contribution in [2.24, 2.45) is 0 Å². The summed E-state index contributed by atoms with van der Waals surface area (Å²) in [7, 11) is 0. The summed E-state index contributed by atoms with van der Waals surface area (Å²) in [6.45, 7) is 2.32. The van der Waals surface area contributed by atoms with Crippen LogP contribution in [0.4, 0.5) is 19.0 Å². The third kappa shape index (κ3) is 3.10. The van der Waals surface area contributed by atoms with Crippen LogP contribution in [-0.4, -0.2) is 28.4 Å². The van der Waals surface area contributed by atoms with Crippen molar-refractivity contribution < 1.29 is 22.4 Å². The summed E-state index contributed by atoms with van der Waals surface area (Å²) < 4.78 is 46.3. The Labute approximate surface area is 136 Å². The molecule has 0 bridgehead atoms. The van der Waals surface area contributed by atoms with Gasteiger partial charge in [-0.1, -0.05) is 6.92 Å². The van der Waals surface area contributed by atoms with Crippen molar-refractivity contribution >= 4 is 11.7 Å². The number of nitrogens with zero attached hydrogens (tertiary/aromatic N) is 2. The number of carbonyl (C=O) groups excluding carboxylic acids is 1. The van der Waals surface area contributed by atoms with Crippen LogP contribution in [0.5, 0.6) is 0 Å². The summed E-state index contributed by atoms with van der Waals surface area (Å²) in [5.41, 5.74) is -0.0414. The Morgan fingerprint density at radius 2 is 2.33 bits per heavy atom. The van der Waals surface area contributed by atoms with E-state index in [0.29, 0.717) is 12.3 Å². The van der Waals surface area contributed by atoms with Gasteiger partial charge < -0.3 is 15.1 Å². The first kappa shape index (κ1) is 16.4. The highest BCUT2D eigenvalue weighted by atomic mass is 19.4. The van der Waals surface area contributed by atoms with Crippen molar-refractivity contribution in [2.45, 2.75) is 38.0 Å². The van der Waals surface area contributed by atoms with Crippen molar-refractivity contribution in [2.75, 3.05) is 11.9 Å².